The van der Waals surface area contributed by atoms with Gasteiger partial charge in [-0.1, -0.05) is 13.5 Å². The van der Waals surface area contributed by atoms with Gasteiger partial charge in [0.1, 0.15) is 0 Å². The summed E-state index contributed by atoms with van der Waals surface area (Å²) >= 11 is 0. The largest absolute Gasteiger partial charge is 1.00 e. The molecule has 0 radical (unpaired) electrons. The van der Waals surface area contributed by atoms with Crippen LogP contribution in [-0.2, 0) is 4.79 Å². The second kappa shape index (κ2) is 8.74. The Bertz CT molecular complexity index is 191. The van der Waals surface area contributed by atoms with Crippen LogP contribution < -0.4 is 17.7 Å². The molecule has 3 nitrogen and oxygen atoms in total. The zero-order valence-corrected chi connectivity index (χ0v) is 10.8. The van der Waals surface area contributed by atoms with Crippen LogP contribution >= 0.6 is 0 Å². The average molecular weight is 235 g/mol. The highest BCUT2D eigenvalue weighted by molar-refractivity contribution is 5.86. The Hall–Kier alpha value is -0.540. The summed E-state index contributed by atoms with van der Waals surface area (Å²) in [5.41, 5.74) is 0. The maximum Gasteiger partial charge on any atom is 0.247 e. The van der Waals surface area contributed by atoms with Crippen molar-refractivity contribution in [2.45, 2.75) is 27.2 Å². The molecule has 0 aliphatic carbocycles. The molecule has 1 amide bonds. The summed E-state index contributed by atoms with van der Waals surface area (Å²) in [5, 5.41) is 2.88. The fourth-order valence-corrected chi connectivity index (χ4v) is 1.63. The van der Waals surface area contributed by atoms with E-state index in [1.807, 2.05) is 0 Å². The molecule has 0 saturated heterocycles. The molecule has 15 heavy (non-hydrogen) atoms. The third-order valence-corrected chi connectivity index (χ3v) is 2.81. The second-order valence-electron chi connectivity index (χ2n) is 3.60. The van der Waals surface area contributed by atoms with E-state index in [-0.39, 0.29) is 18.3 Å². The number of quaternary nitrogens is 1. The van der Waals surface area contributed by atoms with Crippen LogP contribution in [0.5, 0.6) is 0 Å². The monoisotopic (exact) mass is 234 g/mol. The molecule has 0 spiro atoms. The number of nitrogens with zero attached hydrogens (tertiary/aromatic N) is 1. The molecule has 0 atom stereocenters. The van der Waals surface area contributed by atoms with Crippen LogP contribution in [0.25, 0.3) is 0 Å². The van der Waals surface area contributed by atoms with Crippen LogP contribution in [0, 0.1) is 0 Å². The molecule has 0 aliphatic heterocycles. The first-order valence-corrected chi connectivity index (χ1v) is 5.39. The SMILES string of the molecule is C=CC(=O)NC[N+](CC)(CC)CCC.[Cl-]. The van der Waals surface area contributed by atoms with Crippen molar-refractivity contribution in [2.24, 2.45) is 0 Å². The van der Waals surface area contributed by atoms with Crippen molar-refractivity contribution in [2.75, 3.05) is 26.3 Å². The van der Waals surface area contributed by atoms with Crippen molar-refractivity contribution in [1.29, 1.82) is 0 Å². The lowest BCUT2D eigenvalue weighted by Gasteiger charge is -2.36. The molecule has 90 valence electrons. The normalized spacial score (nSPS) is 10.3. The van der Waals surface area contributed by atoms with Crippen LogP contribution in [-0.4, -0.2) is 36.7 Å². The number of rotatable bonds is 7. The first kappa shape index (κ1) is 16.9. The van der Waals surface area contributed by atoms with E-state index in [4.69, 9.17) is 0 Å². The average Bonchev–Trinajstić information content (AvgIpc) is 2.24. The molecule has 4 heteroatoms. The predicted molar refractivity (Wildman–Crippen MR) is 59.7 cm³/mol. The maximum absolute atomic E-state index is 11.1. The molecule has 0 heterocycles. The zero-order chi connectivity index (χ0) is 11.0. The summed E-state index contributed by atoms with van der Waals surface area (Å²) in [4.78, 5) is 11.1. The van der Waals surface area contributed by atoms with Gasteiger partial charge in [-0.2, -0.15) is 0 Å². The minimum Gasteiger partial charge on any atom is -1.00 e. The van der Waals surface area contributed by atoms with E-state index < -0.39 is 0 Å². The Labute approximate surface area is 99.5 Å². The highest BCUT2D eigenvalue weighted by Gasteiger charge is 2.21. The van der Waals surface area contributed by atoms with Crippen molar-refractivity contribution >= 4 is 5.91 Å². The molecule has 0 unspecified atom stereocenters. The molecular weight excluding hydrogens is 212 g/mol. The van der Waals surface area contributed by atoms with Gasteiger partial charge in [-0.25, -0.2) is 0 Å². The number of carbonyl (C=O) groups is 1. The quantitative estimate of drug-likeness (QED) is 0.325. The molecule has 0 aromatic carbocycles. The molecular formula is C11H23ClN2O. The number of halogens is 1. The third-order valence-electron chi connectivity index (χ3n) is 2.81. The smallest absolute Gasteiger partial charge is 0.247 e. The fourth-order valence-electron chi connectivity index (χ4n) is 1.63. The maximum atomic E-state index is 11.1. The van der Waals surface area contributed by atoms with E-state index in [2.05, 4.69) is 32.7 Å². The Balaban J connectivity index is 0. The van der Waals surface area contributed by atoms with E-state index in [9.17, 15) is 4.79 Å². The Morgan fingerprint density at radius 2 is 1.87 bits per heavy atom. The van der Waals surface area contributed by atoms with Crippen molar-refractivity contribution in [1.82, 2.24) is 5.32 Å². The minimum absolute atomic E-state index is 0. The third kappa shape index (κ3) is 5.80. The summed E-state index contributed by atoms with van der Waals surface area (Å²) in [5.74, 6) is -0.0782. The lowest BCUT2D eigenvalue weighted by Crippen LogP contribution is -3.00. The fraction of sp³-hybridized carbons (Fsp3) is 0.727. The standard InChI is InChI=1S/C11H22N2O.ClH/c1-5-9-13(7-3,8-4)10-12-11(14)6-2;/h6H,2,5,7-10H2,1,3-4H3;1H. The summed E-state index contributed by atoms with van der Waals surface area (Å²) in [6, 6.07) is 0. The number of carbonyl (C=O) groups excluding carboxylic acids is 1. The molecule has 1 N–H and O–H groups in total. The van der Waals surface area contributed by atoms with Gasteiger partial charge in [0, 0.05) is 0 Å². The first-order valence-electron chi connectivity index (χ1n) is 5.39. The molecule has 0 aromatic heterocycles. The van der Waals surface area contributed by atoms with Crippen molar-refractivity contribution < 1.29 is 21.7 Å². The van der Waals surface area contributed by atoms with Gasteiger partial charge in [-0.15, -0.1) is 0 Å². The minimum atomic E-state index is -0.0782. The topological polar surface area (TPSA) is 29.1 Å². The Morgan fingerprint density at radius 1 is 1.33 bits per heavy atom. The lowest BCUT2D eigenvalue weighted by molar-refractivity contribution is -0.926. The van der Waals surface area contributed by atoms with Crippen molar-refractivity contribution in [3.8, 4) is 0 Å². The number of nitrogens with one attached hydrogen (secondary N) is 1. The van der Waals surface area contributed by atoms with Gasteiger partial charge >= 0.3 is 0 Å². The lowest BCUT2D eigenvalue weighted by atomic mass is 10.3. The van der Waals surface area contributed by atoms with E-state index >= 15 is 0 Å². The summed E-state index contributed by atoms with van der Waals surface area (Å²) in [7, 11) is 0. The summed E-state index contributed by atoms with van der Waals surface area (Å²) in [6.07, 6.45) is 2.47. The molecule has 0 aliphatic rings. The summed E-state index contributed by atoms with van der Waals surface area (Å²) < 4.78 is 0.954. The van der Waals surface area contributed by atoms with Crippen LogP contribution in [0.3, 0.4) is 0 Å². The van der Waals surface area contributed by atoms with Crippen LogP contribution in [0.1, 0.15) is 27.2 Å². The molecule has 0 fully saturated rings. The highest BCUT2D eigenvalue weighted by atomic mass is 35.5. The van der Waals surface area contributed by atoms with Crippen LogP contribution in [0.2, 0.25) is 0 Å². The van der Waals surface area contributed by atoms with Gasteiger partial charge in [0.25, 0.3) is 0 Å². The van der Waals surface area contributed by atoms with Crippen molar-refractivity contribution in [3.05, 3.63) is 12.7 Å². The number of hydrogen-bond donors (Lipinski definition) is 1. The van der Waals surface area contributed by atoms with E-state index in [1.165, 1.54) is 6.08 Å². The van der Waals surface area contributed by atoms with Crippen LogP contribution in [0.15, 0.2) is 12.7 Å². The molecule has 0 bridgehead atoms. The van der Waals surface area contributed by atoms with Gasteiger partial charge in [-0.05, 0) is 26.3 Å². The predicted octanol–water partition coefficient (Wildman–Crippen LogP) is -1.48. The van der Waals surface area contributed by atoms with E-state index in [1.54, 1.807) is 0 Å². The second-order valence-corrected chi connectivity index (χ2v) is 3.60. The van der Waals surface area contributed by atoms with Gasteiger partial charge < -0.3 is 22.2 Å². The molecule has 0 aromatic rings. The summed E-state index contributed by atoms with van der Waals surface area (Å²) in [6.45, 7) is 13.9. The molecule has 0 rings (SSSR count). The number of amides is 1. The van der Waals surface area contributed by atoms with Gasteiger partial charge in [0.15, 0.2) is 6.67 Å². The number of hydrogen-bond acceptors (Lipinski definition) is 1. The van der Waals surface area contributed by atoms with Gasteiger partial charge in [0.05, 0.1) is 19.6 Å². The van der Waals surface area contributed by atoms with Gasteiger partial charge in [0.2, 0.25) is 5.91 Å². The van der Waals surface area contributed by atoms with Gasteiger partial charge in [-0.3, -0.25) is 4.79 Å². The van der Waals surface area contributed by atoms with Crippen molar-refractivity contribution in [3.63, 3.8) is 0 Å². The highest BCUT2D eigenvalue weighted by Crippen LogP contribution is 2.05. The molecule has 0 saturated carbocycles. The van der Waals surface area contributed by atoms with E-state index in [0.29, 0.717) is 6.67 Å². The van der Waals surface area contributed by atoms with E-state index in [0.717, 1.165) is 30.5 Å². The Morgan fingerprint density at radius 3 is 2.20 bits per heavy atom. The zero-order valence-electron chi connectivity index (χ0n) is 10.1. The van der Waals surface area contributed by atoms with Crippen LogP contribution in [0.4, 0.5) is 0 Å². The first-order chi connectivity index (χ1) is 6.64. The Kier molecular flexibility index (Phi) is 9.84.